The fourth-order valence-electron chi connectivity index (χ4n) is 3.79. The van der Waals surface area contributed by atoms with Gasteiger partial charge in [-0.15, -0.1) is 11.3 Å². The average Bonchev–Trinajstić information content (AvgIpc) is 3.21. The van der Waals surface area contributed by atoms with E-state index in [0.717, 1.165) is 23.6 Å². The summed E-state index contributed by atoms with van der Waals surface area (Å²) in [5.74, 6) is 1.52. The highest BCUT2D eigenvalue weighted by Gasteiger charge is 2.31. The summed E-state index contributed by atoms with van der Waals surface area (Å²) < 4.78 is 1.90. The molecule has 0 aromatic carbocycles. The number of aromatic nitrogens is 3. The van der Waals surface area contributed by atoms with E-state index in [9.17, 15) is 0 Å². The SMILES string of the molecule is Cc1cc2c(NCC3CCCN(C)C3c3cccs3)nccn2n1. The molecular formula is C18H23N5S. The minimum absolute atomic E-state index is 0.498. The van der Waals surface area contributed by atoms with Gasteiger partial charge in [-0.05, 0) is 56.8 Å². The summed E-state index contributed by atoms with van der Waals surface area (Å²) in [5, 5.41) is 10.2. The number of piperidine rings is 1. The fraction of sp³-hybridized carbons (Fsp3) is 0.444. The molecule has 1 fully saturated rings. The molecule has 0 aliphatic carbocycles. The summed E-state index contributed by atoms with van der Waals surface area (Å²) in [6.45, 7) is 4.12. The van der Waals surface area contributed by atoms with Crippen LogP contribution in [-0.2, 0) is 0 Å². The molecule has 1 saturated heterocycles. The Morgan fingerprint density at radius 2 is 2.33 bits per heavy atom. The maximum atomic E-state index is 4.53. The average molecular weight is 341 g/mol. The molecule has 4 heterocycles. The number of nitrogens with one attached hydrogen (secondary N) is 1. The van der Waals surface area contributed by atoms with E-state index >= 15 is 0 Å². The fourth-order valence-corrected chi connectivity index (χ4v) is 4.77. The Morgan fingerprint density at radius 3 is 3.17 bits per heavy atom. The first kappa shape index (κ1) is 15.6. The predicted molar refractivity (Wildman–Crippen MR) is 98.6 cm³/mol. The van der Waals surface area contributed by atoms with Gasteiger partial charge in [-0.25, -0.2) is 9.50 Å². The van der Waals surface area contributed by atoms with Crippen LogP contribution in [0.4, 0.5) is 5.82 Å². The van der Waals surface area contributed by atoms with E-state index in [4.69, 9.17) is 0 Å². The van der Waals surface area contributed by atoms with E-state index in [2.05, 4.69) is 50.9 Å². The molecular weight excluding hydrogens is 318 g/mol. The standard InChI is InChI=1S/C18H23N5S/c1-13-11-15-18(19-7-9-23(15)21-13)20-12-14-5-3-8-22(2)17(14)16-6-4-10-24-16/h4,6-7,9-11,14,17H,3,5,8,12H2,1-2H3,(H,19,20). The van der Waals surface area contributed by atoms with Crippen molar-refractivity contribution in [3.05, 3.63) is 46.5 Å². The number of hydrogen-bond acceptors (Lipinski definition) is 5. The maximum absolute atomic E-state index is 4.53. The highest BCUT2D eigenvalue weighted by Crippen LogP contribution is 2.37. The Morgan fingerprint density at radius 1 is 1.42 bits per heavy atom. The van der Waals surface area contributed by atoms with Gasteiger partial charge in [-0.1, -0.05) is 6.07 Å². The quantitative estimate of drug-likeness (QED) is 0.788. The van der Waals surface area contributed by atoms with Crippen molar-refractivity contribution in [3.63, 3.8) is 0 Å². The number of anilines is 1. The zero-order valence-electron chi connectivity index (χ0n) is 14.1. The summed E-state index contributed by atoms with van der Waals surface area (Å²) in [6, 6.07) is 7.00. The van der Waals surface area contributed by atoms with Crippen LogP contribution in [0.1, 0.15) is 29.5 Å². The van der Waals surface area contributed by atoms with Gasteiger partial charge in [0.15, 0.2) is 5.82 Å². The third kappa shape index (κ3) is 2.91. The molecule has 0 saturated carbocycles. The lowest BCUT2D eigenvalue weighted by Crippen LogP contribution is -2.38. The molecule has 4 rings (SSSR count). The highest BCUT2D eigenvalue weighted by atomic mass is 32.1. The molecule has 3 aromatic heterocycles. The molecule has 1 aliphatic rings. The van der Waals surface area contributed by atoms with Gasteiger partial charge < -0.3 is 5.32 Å². The van der Waals surface area contributed by atoms with Crippen molar-refractivity contribution in [2.75, 3.05) is 25.5 Å². The minimum atomic E-state index is 0.498. The molecule has 1 N–H and O–H groups in total. The molecule has 0 amide bonds. The van der Waals surface area contributed by atoms with Crippen LogP contribution in [0.15, 0.2) is 36.0 Å². The summed E-state index contributed by atoms with van der Waals surface area (Å²) in [5.41, 5.74) is 2.06. The molecule has 126 valence electrons. The molecule has 2 unspecified atom stereocenters. The second-order valence-corrected chi connectivity index (χ2v) is 7.59. The summed E-state index contributed by atoms with van der Waals surface area (Å²) in [6.07, 6.45) is 6.22. The van der Waals surface area contributed by atoms with Crippen LogP contribution < -0.4 is 5.32 Å². The first-order chi connectivity index (χ1) is 11.7. The Bertz CT molecular complexity index is 810. The third-order valence-corrected chi connectivity index (χ3v) is 5.83. The van der Waals surface area contributed by atoms with Crippen LogP contribution in [0.5, 0.6) is 0 Å². The first-order valence-electron chi connectivity index (χ1n) is 8.51. The number of rotatable bonds is 4. The van der Waals surface area contributed by atoms with Gasteiger partial charge in [-0.2, -0.15) is 5.10 Å². The topological polar surface area (TPSA) is 45.5 Å². The number of aryl methyl sites for hydroxylation is 1. The van der Waals surface area contributed by atoms with Gasteiger partial charge in [0, 0.05) is 29.9 Å². The summed E-state index contributed by atoms with van der Waals surface area (Å²) >= 11 is 1.87. The summed E-state index contributed by atoms with van der Waals surface area (Å²) in [4.78, 5) is 8.50. The highest BCUT2D eigenvalue weighted by molar-refractivity contribution is 7.10. The van der Waals surface area contributed by atoms with Crippen molar-refractivity contribution in [1.29, 1.82) is 0 Å². The van der Waals surface area contributed by atoms with Gasteiger partial charge in [0.1, 0.15) is 5.52 Å². The van der Waals surface area contributed by atoms with Crippen molar-refractivity contribution in [2.45, 2.75) is 25.8 Å². The number of nitrogens with zero attached hydrogens (tertiary/aromatic N) is 4. The molecule has 5 nitrogen and oxygen atoms in total. The van der Waals surface area contributed by atoms with Crippen molar-refractivity contribution in [3.8, 4) is 0 Å². The van der Waals surface area contributed by atoms with E-state index in [1.54, 1.807) is 0 Å². The molecule has 1 aliphatic heterocycles. The number of thiophene rings is 1. The van der Waals surface area contributed by atoms with Crippen molar-refractivity contribution in [2.24, 2.45) is 5.92 Å². The lowest BCUT2D eigenvalue weighted by Gasteiger charge is -2.39. The van der Waals surface area contributed by atoms with Gasteiger partial charge in [-0.3, -0.25) is 4.90 Å². The van der Waals surface area contributed by atoms with E-state index in [1.807, 2.05) is 35.2 Å². The molecule has 0 bridgehead atoms. The van der Waals surface area contributed by atoms with Crippen LogP contribution in [0.3, 0.4) is 0 Å². The van der Waals surface area contributed by atoms with Crippen LogP contribution in [0.2, 0.25) is 0 Å². The van der Waals surface area contributed by atoms with Crippen LogP contribution >= 0.6 is 11.3 Å². The van der Waals surface area contributed by atoms with Crippen LogP contribution in [-0.4, -0.2) is 39.6 Å². The molecule has 2 atom stereocenters. The van der Waals surface area contributed by atoms with Crippen LogP contribution in [0.25, 0.3) is 5.52 Å². The molecule has 0 spiro atoms. The predicted octanol–water partition coefficient (Wildman–Crippen LogP) is 3.59. The van der Waals surface area contributed by atoms with E-state index in [-0.39, 0.29) is 0 Å². The van der Waals surface area contributed by atoms with E-state index in [0.29, 0.717) is 12.0 Å². The zero-order valence-corrected chi connectivity index (χ0v) is 15.0. The zero-order chi connectivity index (χ0) is 16.5. The monoisotopic (exact) mass is 341 g/mol. The Labute approximate surface area is 146 Å². The van der Waals surface area contributed by atoms with Gasteiger partial charge in [0.25, 0.3) is 0 Å². The Kier molecular flexibility index (Phi) is 4.24. The lowest BCUT2D eigenvalue weighted by atomic mass is 9.88. The van der Waals surface area contributed by atoms with Crippen molar-refractivity contribution < 1.29 is 0 Å². The number of likely N-dealkylation sites (tertiary alicyclic amines) is 1. The maximum Gasteiger partial charge on any atom is 0.152 e. The molecule has 3 aromatic rings. The lowest BCUT2D eigenvalue weighted by molar-refractivity contribution is 0.130. The Balaban J connectivity index is 1.55. The number of hydrogen-bond donors (Lipinski definition) is 1. The third-order valence-electron chi connectivity index (χ3n) is 4.89. The molecule has 24 heavy (non-hydrogen) atoms. The van der Waals surface area contributed by atoms with Crippen molar-refractivity contribution >= 4 is 22.7 Å². The first-order valence-corrected chi connectivity index (χ1v) is 9.39. The van der Waals surface area contributed by atoms with Gasteiger partial charge in [0.05, 0.1) is 5.69 Å². The van der Waals surface area contributed by atoms with E-state index < -0.39 is 0 Å². The minimum Gasteiger partial charge on any atom is -0.368 e. The van der Waals surface area contributed by atoms with Crippen molar-refractivity contribution in [1.82, 2.24) is 19.5 Å². The summed E-state index contributed by atoms with van der Waals surface area (Å²) in [7, 11) is 2.25. The molecule has 0 radical (unpaired) electrons. The smallest absolute Gasteiger partial charge is 0.152 e. The number of fused-ring (bicyclic) bond motifs is 1. The second kappa shape index (κ2) is 6.53. The van der Waals surface area contributed by atoms with Gasteiger partial charge >= 0.3 is 0 Å². The second-order valence-electron chi connectivity index (χ2n) is 6.62. The van der Waals surface area contributed by atoms with Crippen LogP contribution in [0, 0.1) is 12.8 Å². The van der Waals surface area contributed by atoms with E-state index in [1.165, 1.54) is 24.3 Å². The molecule has 6 heteroatoms. The largest absolute Gasteiger partial charge is 0.368 e. The Hall–Kier alpha value is -1.92. The van der Waals surface area contributed by atoms with Gasteiger partial charge in [0.2, 0.25) is 0 Å². The normalized spacial score (nSPS) is 22.1.